The van der Waals surface area contributed by atoms with Crippen molar-refractivity contribution < 1.29 is 22.6 Å². The quantitative estimate of drug-likeness (QED) is 0.723. The van der Waals surface area contributed by atoms with Gasteiger partial charge in [0.2, 0.25) is 0 Å². The van der Waals surface area contributed by atoms with Crippen molar-refractivity contribution in [1.82, 2.24) is 5.32 Å². The highest BCUT2D eigenvalue weighted by Crippen LogP contribution is 2.16. The van der Waals surface area contributed by atoms with Gasteiger partial charge >= 0.3 is 6.36 Å². The number of hydrogen-bond donors (Lipinski definition) is 1. The van der Waals surface area contributed by atoms with E-state index in [4.69, 9.17) is 4.74 Å². The van der Waals surface area contributed by atoms with E-state index in [1.54, 1.807) is 0 Å². The van der Waals surface area contributed by atoms with Gasteiger partial charge in [-0.2, -0.15) is 0 Å². The smallest absolute Gasteiger partial charge is 0.379 e. The van der Waals surface area contributed by atoms with Gasteiger partial charge in [-0.1, -0.05) is 0 Å². The second-order valence-electron chi connectivity index (χ2n) is 3.56. The van der Waals surface area contributed by atoms with Crippen LogP contribution in [0.4, 0.5) is 13.2 Å². The fraction of sp³-hybridized carbons (Fsp3) is 1.00. The number of ether oxygens (including phenoxy) is 2. The van der Waals surface area contributed by atoms with Crippen LogP contribution in [0, 0.1) is 5.92 Å². The van der Waals surface area contributed by atoms with Crippen molar-refractivity contribution in [2.45, 2.75) is 19.2 Å². The van der Waals surface area contributed by atoms with E-state index >= 15 is 0 Å². The van der Waals surface area contributed by atoms with Crippen LogP contribution < -0.4 is 5.32 Å². The SMILES string of the molecule is FC(F)(F)OCCOCC1CCNCC1. The molecule has 1 aliphatic rings. The Morgan fingerprint density at radius 3 is 2.40 bits per heavy atom. The van der Waals surface area contributed by atoms with E-state index in [2.05, 4.69) is 10.1 Å². The summed E-state index contributed by atoms with van der Waals surface area (Å²) in [4.78, 5) is 0. The van der Waals surface area contributed by atoms with E-state index in [1.165, 1.54) is 0 Å². The van der Waals surface area contributed by atoms with Gasteiger partial charge in [0.15, 0.2) is 0 Å². The molecule has 1 saturated heterocycles. The molecule has 1 N–H and O–H groups in total. The van der Waals surface area contributed by atoms with E-state index in [9.17, 15) is 13.2 Å². The molecule has 0 aromatic heterocycles. The molecule has 1 fully saturated rings. The van der Waals surface area contributed by atoms with Crippen molar-refractivity contribution in [3.63, 3.8) is 0 Å². The highest BCUT2D eigenvalue weighted by Gasteiger charge is 2.28. The molecular weight excluding hydrogens is 211 g/mol. The van der Waals surface area contributed by atoms with E-state index in [0.717, 1.165) is 25.9 Å². The molecule has 1 aliphatic heterocycles. The molecule has 1 heterocycles. The van der Waals surface area contributed by atoms with Crippen LogP contribution in [0.3, 0.4) is 0 Å². The lowest BCUT2D eigenvalue weighted by molar-refractivity contribution is -0.327. The standard InChI is InChI=1S/C9H16F3NO2/c10-9(11,12)15-6-5-14-7-8-1-3-13-4-2-8/h8,13H,1-7H2. The predicted octanol–water partition coefficient (Wildman–Crippen LogP) is 1.54. The molecule has 0 saturated carbocycles. The lowest BCUT2D eigenvalue weighted by atomic mass is 9.99. The zero-order valence-electron chi connectivity index (χ0n) is 8.48. The first-order valence-electron chi connectivity index (χ1n) is 5.07. The topological polar surface area (TPSA) is 30.5 Å². The minimum Gasteiger partial charge on any atom is -0.379 e. The Balaban J connectivity index is 1.92. The number of hydrogen-bond acceptors (Lipinski definition) is 3. The number of piperidine rings is 1. The molecule has 0 amide bonds. The van der Waals surface area contributed by atoms with E-state index in [-0.39, 0.29) is 6.61 Å². The third kappa shape index (κ3) is 6.70. The molecule has 90 valence electrons. The summed E-state index contributed by atoms with van der Waals surface area (Å²) < 4.78 is 43.4. The molecule has 0 atom stereocenters. The molecule has 0 aliphatic carbocycles. The Labute approximate surface area is 86.9 Å². The van der Waals surface area contributed by atoms with Crippen LogP contribution in [0.2, 0.25) is 0 Å². The maximum Gasteiger partial charge on any atom is 0.522 e. The summed E-state index contributed by atoms with van der Waals surface area (Å²) in [5.74, 6) is 0.470. The highest BCUT2D eigenvalue weighted by molar-refractivity contribution is 4.67. The molecular formula is C9H16F3NO2. The largest absolute Gasteiger partial charge is 0.522 e. The molecule has 6 heteroatoms. The number of rotatable bonds is 5. The fourth-order valence-corrected chi connectivity index (χ4v) is 1.51. The zero-order valence-corrected chi connectivity index (χ0v) is 8.48. The minimum absolute atomic E-state index is 0.00341. The Bertz CT molecular complexity index is 169. The van der Waals surface area contributed by atoms with Gasteiger partial charge in [-0.25, -0.2) is 0 Å². The van der Waals surface area contributed by atoms with Crippen LogP contribution in [0.25, 0.3) is 0 Å². The van der Waals surface area contributed by atoms with Crippen molar-refractivity contribution >= 4 is 0 Å². The molecule has 0 bridgehead atoms. The average Bonchev–Trinajstić information content (AvgIpc) is 2.17. The zero-order chi connectivity index (χ0) is 11.1. The van der Waals surface area contributed by atoms with Gasteiger partial charge in [-0.3, -0.25) is 4.74 Å². The molecule has 1 rings (SSSR count). The maximum atomic E-state index is 11.6. The molecule has 0 unspecified atom stereocenters. The van der Waals surface area contributed by atoms with Crippen LogP contribution in [-0.4, -0.2) is 39.3 Å². The maximum absolute atomic E-state index is 11.6. The van der Waals surface area contributed by atoms with Gasteiger partial charge in [0, 0.05) is 6.61 Å². The Morgan fingerprint density at radius 2 is 1.80 bits per heavy atom. The van der Waals surface area contributed by atoms with Gasteiger partial charge in [0.1, 0.15) is 0 Å². The summed E-state index contributed by atoms with van der Waals surface area (Å²) in [6, 6.07) is 0. The third-order valence-corrected chi connectivity index (χ3v) is 2.31. The van der Waals surface area contributed by atoms with Crippen molar-refractivity contribution in [1.29, 1.82) is 0 Å². The van der Waals surface area contributed by atoms with Crippen LogP contribution in [0.15, 0.2) is 0 Å². The van der Waals surface area contributed by atoms with Crippen molar-refractivity contribution in [2.24, 2.45) is 5.92 Å². The molecule has 0 aromatic carbocycles. The second-order valence-corrected chi connectivity index (χ2v) is 3.56. The van der Waals surface area contributed by atoms with Gasteiger partial charge in [-0.15, -0.1) is 13.2 Å². The number of halogens is 3. The first kappa shape index (κ1) is 12.7. The molecule has 3 nitrogen and oxygen atoms in total. The first-order valence-corrected chi connectivity index (χ1v) is 5.07. The van der Waals surface area contributed by atoms with E-state index < -0.39 is 13.0 Å². The summed E-state index contributed by atoms with van der Waals surface area (Å²) in [6.45, 7) is 2.04. The lowest BCUT2D eigenvalue weighted by Crippen LogP contribution is -2.30. The predicted molar refractivity (Wildman–Crippen MR) is 48.4 cm³/mol. The van der Waals surface area contributed by atoms with E-state index in [0.29, 0.717) is 12.5 Å². The summed E-state index contributed by atoms with van der Waals surface area (Å²) in [5, 5.41) is 3.21. The van der Waals surface area contributed by atoms with Gasteiger partial charge in [0.25, 0.3) is 0 Å². The molecule has 15 heavy (non-hydrogen) atoms. The Morgan fingerprint density at radius 1 is 1.13 bits per heavy atom. The molecule has 0 radical (unpaired) electrons. The highest BCUT2D eigenvalue weighted by atomic mass is 19.4. The monoisotopic (exact) mass is 227 g/mol. The lowest BCUT2D eigenvalue weighted by Gasteiger charge is -2.22. The summed E-state index contributed by atoms with van der Waals surface area (Å²) in [7, 11) is 0. The van der Waals surface area contributed by atoms with Crippen molar-refractivity contribution in [2.75, 3.05) is 32.9 Å². The van der Waals surface area contributed by atoms with Gasteiger partial charge in [0.05, 0.1) is 13.2 Å². The summed E-state index contributed by atoms with van der Waals surface area (Å²) in [5.41, 5.74) is 0. The minimum atomic E-state index is -4.54. The Hall–Kier alpha value is -0.330. The number of alkyl halides is 3. The van der Waals surface area contributed by atoms with Crippen LogP contribution in [-0.2, 0) is 9.47 Å². The second kappa shape index (κ2) is 6.30. The molecule has 0 spiro atoms. The average molecular weight is 227 g/mol. The Kier molecular flexibility index (Phi) is 5.35. The van der Waals surface area contributed by atoms with Gasteiger partial charge in [-0.05, 0) is 31.8 Å². The summed E-state index contributed by atoms with van der Waals surface area (Å²) in [6.07, 6.45) is -2.49. The van der Waals surface area contributed by atoms with Crippen molar-refractivity contribution in [3.05, 3.63) is 0 Å². The fourth-order valence-electron chi connectivity index (χ4n) is 1.51. The molecule has 0 aromatic rings. The van der Waals surface area contributed by atoms with E-state index in [1.807, 2.05) is 0 Å². The van der Waals surface area contributed by atoms with Gasteiger partial charge < -0.3 is 10.1 Å². The van der Waals surface area contributed by atoms with Crippen LogP contribution in [0.5, 0.6) is 0 Å². The summed E-state index contributed by atoms with van der Waals surface area (Å²) >= 11 is 0. The van der Waals surface area contributed by atoms with Crippen molar-refractivity contribution in [3.8, 4) is 0 Å². The normalized spacial score (nSPS) is 19.4. The van der Waals surface area contributed by atoms with Crippen LogP contribution >= 0.6 is 0 Å². The third-order valence-electron chi connectivity index (χ3n) is 2.31. The number of nitrogens with one attached hydrogen (secondary N) is 1. The first-order chi connectivity index (χ1) is 7.08. The van der Waals surface area contributed by atoms with Crippen LogP contribution in [0.1, 0.15) is 12.8 Å².